The quantitative estimate of drug-likeness (QED) is 0.117. The summed E-state index contributed by atoms with van der Waals surface area (Å²) < 4.78 is 0. The molecule has 0 aromatic heterocycles. The molecule has 0 fully saturated rings. The van der Waals surface area contributed by atoms with E-state index in [1.165, 1.54) is 0 Å². The fourth-order valence-corrected chi connectivity index (χ4v) is 5.09. The Kier molecular flexibility index (Phi) is 13.4. The molecule has 0 saturated carbocycles. The molecule has 0 bridgehead atoms. The number of benzene rings is 2. The van der Waals surface area contributed by atoms with Crippen molar-refractivity contribution in [3.63, 3.8) is 0 Å². The molecule has 49 heavy (non-hydrogen) atoms. The highest BCUT2D eigenvalue weighted by molar-refractivity contribution is 5.96. The van der Waals surface area contributed by atoms with Gasteiger partial charge in [0.05, 0.1) is 22.9 Å². The van der Waals surface area contributed by atoms with E-state index >= 15 is 0 Å². The van der Waals surface area contributed by atoms with E-state index in [-0.39, 0.29) is 28.1 Å². The van der Waals surface area contributed by atoms with Gasteiger partial charge in [-0.3, -0.25) is 5.87 Å². The zero-order chi connectivity index (χ0) is 35.8. The molecule has 0 radical (unpaired) electrons. The van der Waals surface area contributed by atoms with Crippen LogP contribution in [0, 0.1) is 41.9 Å². The second-order valence-corrected chi connectivity index (χ2v) is 10.8. The summed E-state index contributed by atoms with van der Waals surface area (Å²) in [4.78, 5) is 15.6. The lowest BCUT2D eigenvalue weighted by Gasteiger charge is -2.23. The molecule has 2 aromatic rings. The van der Waals surface area contributed by atoms with Crippen LogP contribution in [0.1, 0.15) is 24.0 Å². The molecule has 0 atom stereocenters. The van der Waals surface area contributed by atoms with Crippen LogP contribution in [-0.2, 0) is 0 Å². The van der Waals surface area contributed by atoms with Crippen molar-refractivity contribution in [2.24, 2.45) is 4.99 Å². The van der Waals surface area contributed by atoms with Gasteiger partial charge >= 0.3 is 11.9 Å². The first kappa shape index (κ1) is 36.3. The Morgan fingerprint density at radius 2 is 1.47 bits per heavy atom. The van der Waals surface area contributed by atoms with Gasteiger partial charge in [0.25, 0.3) is 0 Å². The fraction of sp³-hybridized carbons (Fsp3) is 0.150. The zero-order valence-electron chi connectivity index (χ0n) is 27.7. The highest BCUT2D eigenvalue weighted by Gasteiger charge is 2.22. The fourth-order valence-electron chi connectivity index (χ4n) is 5.09. The molecular weight excluding hydrogens is 607 g/mol. The lowest BCUT2D eigenvalue weighted by molar-refractivity contribution is -0.0908. The lowest BCUT2D eigenvalue weighted by Crippen LogP contribution is -2.35. The van der Waals surface area contributed by atoms with E-state index in [1.54, 1.807) is 72.8 Å². The van der Waals surface area contributed by atoms with Crippen LogP contribution in [0.25, 0.3) is 26.2 Å². The number of guanidine groups is 1. The Morgan fingerprint density at radius 3 is 1.96 bits per heavy atom. The van der Waals surface area contributed by atoms with Crippen molar-refractivity contribution in [2.45, 2.75) is 12.8 Å². The van der Waals surface area contributed by atoms with Crippen LogP contribution >= 0.6 is 0 Å². The largest absolute Gasteiger partial charge is 0.763 e. The minimum absolute atomic E-state index is 0.0462. The predicted octanol–water partition coefficient (Wildman–Crippen LogP) is 6.13. The molecule has 9 heteroatoms. The third-order valence-corrected chi connectivity index (χ3v) is 7.23. The summed E-state index contributed by atoms with van der Waals surface area (Å²) in [6.07, 6.45) is 11.8. The first-order valence-corrected chi connectivity index (χ1v) is 15.0. The Hall–Kier alpha value is -7.21. The SMILES string of the molecule is [C-]#[N+]C([N+]#[C-])=C(/C(C#N)=C/C=C/C1=C(N=C(N(C)C)N(C)C)C(=C/C=C/C(=C=[N-])/C(=C(/C#N)C#[NH+])c2ccccc2)/CC1)c1ccccc1. The average Bonchev–Trinajstić information content (AvgIpc) is 3.50. The average molecular weight is 640 g/mol. The molecule has 2 aromatic carbocycles. The molecule has 0 spiro atoms. The normalized spacial score (nSPS) is 13.7. The van der Waals surface area contributed by atoms with Crippen molar-refractivity contribution in [1.82, 2.24) is 9.80 Å². The molecule has 0 aliphatic heterocycles. The van der Waals surface area contributed by atoms with Crippen LogP contribution < -0.4 is 5.26 Å². The molecule has 3 rings (SSSR count). The summed E-state index contributed by atoms with van der Waals surface area (Å²) in [5.74, 6) is 2.69. The van der Waals surface area contributed by atoms with Gasteiger partial charge in [-0.1, -0.05) is 90.2 Å². The van der Waals surface area contributed by atoms with Gasteiger partial charge in [0.1, 0.15) is 19.2 Å². The summed E-state index contributed by atoms with van der Waals surface area (Å²) in [5, 5.41) is 37.4. The van der Waals surface area contributed by atoms with E-state index in [1.807, 2.05) is 68.3 Å². The maximum atomic E-state index is 10.1. The van der Waals surface area contributed by atoms with Crippen LogP contribution in [0.15, 0.2) is 141 Å². The second kappa shape index (κ2) is 18.1. The van der Waals surface area contributed by atoms with Crippen molar-refractivity contribution in [3.8, 4) is 18.2 Å². The molecule has 0 unspecified atom stereocenters. The lowest BCUT2D eigenvalue weighted by atomic mass is 9.94. The molecule has 1 aliphatic carbocycles. The van der Waals surface area contributed by atoms with Crippen LogP contribution in [0.3, 0.4) is 0 Å². The van der Waals surface area contributed by atoms with Gasteiger partial charge in [0, 0.05) is 39.3 Å². The van der Waals surface area contributed by atoms with Crippen LogP contribution in [0.4, 0.5) is 0 Å². The van der Waals surface area contributed by atoms with E-state index in [4.69, 9.17) is 23.4 Å². The van der Waals surface area contributed by atoms with Gasteiger partial charge in [-0.25, -0.2) is 4.99 Å². The van der Waals surface area contributed by atoms with Crippen LogP contribution in [0.5, 0.6) is 0 Å². The van der Waals surface area contributed by atoms with Gasteiger partial charge in [-0.2, -0.15) is 20.2 Å². The van der Waals surface area contributed by atoms with Crippen molar-refractivity contribution < 1.29 is 5.26 Å². The van der Waals surface area contributed by atoms with Gasteiger partial charge in [-0.15, -0.1) is 0 Å². The number of nitrogens with zero attached hydrogens (tertiary/aromatic N) is 8. The summed E-state index contributed by atoms with van der Waals surface area (Å²) in [5.41, 5.74) is 4.74. The number of nitrogens with one attached hydrogen (secondary N) is 1. The molecule has 0 heterocycles. The number of hydrogen-bond donors (Lipinski definition) is 1. The Bertz CT molecular complexity index is 2050. The van der Waals surface area contributed by atoms with E-state index in [0.29, 0.717) is 35.5 Å². The summed E-state index contributed by atoms with van der Waals surface area (Å²) in [7, 11) is 7.60. The maximum Gasteiger partial charge on any atom is 0.528 e. The zero-order valence-corrected chi connectivity index (χ0v) is 27.7. The smallest absolute Gasteiger partial charge is 0.528 e. The van der Waals surface area contributed by atoms with E-state index in [2.05, 4.69) is 27.7 Å². The Morgan fingerprint density at radius 1 is 0.878 bits per heavy atom. The van der Waals surface area contributed by atoms with Crippen LogP contribution in [-0.4, -0.2) is 49.8 Å². The number of allylic oxidation sites excluding steroid dienone is 13. The highest BCUT2D eigenvalue weighted by atomic mass is 15.3. The van der Waals surface area contributed by atoms with Crippen molar-refractivity contribution in [2.75, 3.05) is 28.2 Å². The van der Waals surface area contributed by atoms with E-state index in [0.717, 1.165) is 16.8 Å². The predicted molar refractivity (Wildman–Crippen MR) is 193 cm³/mol. The van der Waals surface area contributed by atoms with Crippen molar-refractivity contribution >= 4 is 23.0 Å². The molecule has 238 valence electrons. The molecule has 0 saturated heterocycles. The molecule has 0 amide bonds. The van der Waals surface area contributed by atoms with E-state index in [9.17, 15) is 15.9 Å². The summed E-state index contributed by atoms with van der Waals surface area (Å²) >= 11 is 0. The molecule has 9 nitrogen and oxygen atoms in total. The minimum Gasteiger partial charge on any atom is -0.763 e. The first-order chi connectivity index (χ1) is 23.7. The van der Waals surface area contributed by atoms with Gasteiger partial charge in [0.15, 0.2) is 5.57 Å². The molecular formula is C40H33N9. The van der Waals surface area contributed by atoms with Gasteiger partial charge in [-0.05, 0) is 47.3 Å². The summed E-state index contributed by atoms with van der Waals surface area (Å²) in [6.45, 7) is 15.0. The number of rotatable bonds is 9. The van der Waals surface area contributed by atoms with Crippen molar-refractivity contribution in [3.05, 3.63) is 176 Å². The standard InChI is InChI=1S/C40H32N9/c1-45-39(46-2)37(30-17-11-8-12-18-30)34(26-42)22-14-20-32-24-23-31(38(32)47-40(48(3)4)49(5)6)19-13-21-33(25-41)36(35(27-43)28-44)29-15-9-7-10-16-29/h7-22H,23-24H2,3-6H3/q-1/p+1/b20-14+,21-13+,31-19+,34-22+. The monoisotopic (exact) mass is 639 g/mol. The second-order valence-electron chi connectivity index (χ2n) is 10.8. The Labute approximate surface area is 288 Å². The van der Waals surface area contributed by atoms with Crippen LogP contribution in [0.2, 0.25) is 0 Å². The maximum absolute atomic E-state index is 10.1. The minimum atomic E-state index is -0.185. The number of nitriles is 2. The highest BCUT2D eigenvalue weighted by Crippen LogP contribution is 2.35. The topological polar surface area (TPSA) is 121 Å². The van der Waals surface area contributed by atoms with Gasteiger partial charge < -0.3 is 15.2 Å². The first-order valence-electron chi connectivity index (χ1n) is 15.0. The third kappa shape index (κ3) is 9.17. The van der Waals surface area contributed by atoms with Crippen molar-refractivity contribution in [1.29, 1.82) is 10.5 Å². The molecule has 1 aliphatic rings. The number of aliphatic imine (C=N–C) groups is 1. The molecule has 1 N–H and O–H groups in total. The van der Waals surface area contributed by atoms with E-state index < -0.39 is 0 Å². The number of hydrogen-bond acceptors (Lipinski definition) is 3. The third-order valence-electron chi connectivity index (χ3n) is 7.23. The Balaban J connectivity index is 2.14. The summed E-state index contributed by atoms with van der Waals surface area (Å²) in [6, 6.07) is 24.2. The van der Waals surface area contributed by atoms with Gasteiger partial charge in [0.2, 0.25) is 5.96 Å².